The van der Waals surface area contributed by atoms with Crippen molar-refractivity contribution < 1.29 is 14.3 Å². The van der Waals surface area contributed by atoms with Crippen molar-refractivity contribution in [3.05, 3.63) is 70.1 Å². The molecule has 1 aromatic heterocycles. The quantitative estimate of drug-likeness (QED) is 0.622. The van der Waals surface area contributed by atoms with Gasteiger partial charge in [-0.05, 0) is 31.5 Å². The maximum Gasteiger partial charge on any atom is 0.290 e. The van der Waals surface area contributed by atoms with Gasteiger partial charge in [0.15, 0.2) is 5.69 Å². The summed E-state index contributed by atoms with van der Waals surface area (Å²) in [6, 6.07) is 14.2. The lowest BCUT2D eigenvalue weighted by molar-refractivity contribution is -0.122. The third kappa shape index (κ3) is 4.60. The first-order valence-corrected chi connectivity index (χ1v) is 9.28. The minimum atomic E-state index is -0.600. The Morgan fingerprint density at radius 2 is 1.72 bits per heavy atom. The number of benzene rings is 2. The van der Waals surface area contributed by atoms with E-state index < -0.39 is 11.8 Å². The molecule has 3 aromatic rings. The molecule has 2 amide bonds. The number of carbonyl (C=O) groups excluding carboxylic acids is 2. The van der Waals surface area contributed by atoms with Crippen LogP contribution in [0.3, 0.4) is 0 Å². The van der Waals surface area contributed by atoms with E-state index in [1.165, 1.54) is 4.68 Å². The molecular weight excluding hydrogens is 372 g/mol. The highest BCUT2D eigenvalue weighted by Gasteiger charge is 2.16. The standard InChI is InChI=1S/C21H22N4O4/c1-3-25-21(28)16-10-6-5-9-15(16)19(24-25)20(27)23-22-18(26)12-13-29-17-11-7-4-8-14(17)2/h4-11H,3,12-13H2,1-2H3,(H,22,26)(H,23,27). The number of para-hydroxylation sites is 1. The van der Waals surface area contributed by atoms with Crippen LogP contribution in [0.25, 0.3) is 10.8 Å². The molecule has 0 aliphatic heterocycles. The van der Waals surface area contributed by atoms with E-state index in [-0.39, 0.29) is 24.3 Å². The summed E-state index contributed by atoms with van der Waals surface area (Å²) in [7, 11) is 0. The molecule has 0 bridgehead atoms. The highest BCUT2D eigenvalue weighted by molar-refractivity contribution is 6.05. The predicted molar refractivity (Wildman–Crippen MR) is 109 cm³/mol. The molecule has 1 heterocycles. The van der Waals surface area contributed by atoms with Gasteiger partial charge in [-0.1, -0.05) is 36.4 Å². The third-order valence-electron chi connectivity index (χ3n) is 4.38. The first-order chi connectivity index (χ1) is 14.0. The van der Waals surface area contributed by atoms with Gasteiger partial charge in [0.05, 0.1) is 18.4 Å². The molecule has 0 spiro atoms. The van der Waals surface area contributed by atoms with E-state index in [0.29, 0.717) is 23.1 Å². The molecule has 8 nitrogen and oxygen atoms in total. The van der Waals surface area contributed by atoms with Crippen LogP contribution >= 0.6 is 0 Å². The van der Waals surface area contributed by atoms with Gasteiger partial charge >= 0.3 is 0 Å². The van der Waals surface area contributed by atoms with Gasteiger partial charge in [-0.3, -0.25) is 25.2 Å². The average molecular weight is 394 g/mol. The summed E-state index contributed by atoms with van der Waals surface area (Å²) in [6.07, 6.45) is 0.0667. The molecule has 0 atom stereocenters. The smallest absolute Gasteiger partial charge is 0.290 e. The monoisotopic (exact) mass is 394 g/mol. The van der Waals surface area contributed by atoms with Gasteiger partial charge in [-0.2, -0.15) is 5.10 Å². The average Bonchev–Trinajstić information content (AvgIpc) is 2.74. The zero-order valence-corrected chi connectivity index (χ0v) is 16.3. The molecular formula is C21H22N4O4. The second kappa shape index (κ2) is 9.01. The predicted octanol–water partition coefficient (Wildman–Crippen LogP) is 1.95. The van der Waals surface area contributed by atoms with Crippen LogP contribution in [0.1, 0.15) is 29.4 Å². The minimum Gasteiger partial charge on any atom is -0.493 e. The van der Waals surface area contributed by atoms with Crippen molar-refractivity contribution in [2.75, 3.05) is 6.61 Å². The highest BCUT2D eigenvalue weighted by atomic mass is 16.5. The van der Waals surface area contributed by atoms with Crippen molar-refractivity contribution in [3.63, 3.8) is 0 Å². The van der Waals surface area contributed by atoms with E-state index in [1.54, 1.807) is 31.2 Å². The molecule has 0 saturated carbocycles. The molecule has 2 aromatic carbocycles. The van der Waals surface area contributed by atoms with Gasteiger partial charge < -0.3 is 4.74 Å². The van der Waals surface area contributed by atoms with E-state index in [9.17, 15) is 14.4 Å². The van der Waals surface area contributed by atoms with Crippen LogP contribution in [0.5, 0.6) is 5.75 Å². The molecule has 0 fully saturated rings. The topological polar surface area (TPSA) is 102 Å². The zero-order chi connectivity index (χ0) is 20.8. The Bertz CT molecular complexity index is 1110. The van der Waals surface area contributed by atoms with Gasteiger partial charge in [-0.25, -0.2) is 4.68 Å². The van der Waals surface area contributed by atoms with E-state index in [0.717, 1.165) is 5.56 Å². The normalized spacial score (nSPS) is 10.6. The second-order valence-electron chi connectivity index (χ2n) is 6.38. The third-order valence-corrected chi connectivity index (χ3v) is 4.38. The Balaban J connectivity index is 1.62. The molecule has 0 radical (unpaired) electrons. The van der Waals surface area contributed by atoms with Crippen LogP contribution in [0.2, 0.25) is 0 Å². The number of aryl methyl sites for hydroxylation is 2. The maximum atomic E-state index is 12.5. The van der Waals surface area contributed by atoms with Crippen molar-refractivity contribution in [3.8, 4) is 5.75 Å². The summed E-state index contributed by atoms with van der Waals surface area (Å²) in [5, 5.41) is 4.95. The number of hydrogen-bond donors (Lipinski definition) is 2. The van der Waals surface area contributed by atoms with Crippen molar-refractivity contribution in [1.29, 1.82) is 0 Å². The number of aromatic nitrogens is 2. The van der Waals surface area contributed by atoms with Gasteiger partial charge in [-0.15, -0.1) is 0 Å². The van der Waals surface area contributed by atoms with E-state index in [4.69, 9.17) is 4.74 Å². The fourth-order valence-electron chi connectivity index (χ4n) is 2.84. The lowest BCUT2D eigenvalue weighted by atomic mass is 10.1. The Morgan fingerprint density at radius 1 is 1.03 bits per heavy atom. The minimum absolute atomic E-state index is 0.0667. The fourth-order valence-corrected chi connectivity index (χ4v) is 2.84. The van der Waals surface area contributed by atoms with Gasteiger partial charge in [0.1, 0.15) is 5.75 Å². The number of rotatable bonds is 6. The first-order valence-electron chi connectivity index (χ1n) is 9.28. The molecule has 150 valence electrons. The largest absolute Gasteiger partial charge is 0.493 e. The van der Waals surface area contributed by atoms with Crippen LogP contribution in [-0.2, 0) is 11.3 Å². The fraction of sp³-hybridized carbons (Fsp3) is 0.238. The Hall–Kier alpha value is -3.68. The molecule has 2 N–H and O–H groups in total. The van der Waals surface area contributed by atoms with Gasteiger partial charge in [0.25, 0.3) is 11.5 Å². The number of hydrazine groups is 1. The molecule has 8 heteroatoms. The van der Waals surface area contributed by atoms with Crippen LogP contribution in [0, 0.1) is 6.92 Å². The first kappa shape index (κ1) is 20.1. The van der Waals surface area contributed by atoms with E-state index in [2.05, 4.69) is 16.0 Å². The summed E-state index contributed by atoms with van der Waals surface area (Å²) in [5.74, 6) is -0.293. The number of amides is 2. The van der Waals surface area contributed by atoms with Crippen molar-refractivity contribution >= 4 is 22.6 Å². The van der Waals surface area contributed by atoms with E-state index in [1.807, 2.05) is 31.2 Å². The van der Waals surface area contributed by atoms with Crippen LogP contribution < -0.4 is 21.1 Å². The number of ether oxygens (including phenoxy) is 1. The zero-order valence-electron chi connectivity index (χ0n) is 16.3. The Labute approximate surface area is 167 Å². The number of carbonyl (C=O) groups is 2. The summed E-state index contributed by atoms with van der Waals surface area (Å²) < 4.78 is 6.79. The molecule has 0 aliphatic rings. The number of nitrogens with zero attached hydrogens (tertiary/aromatic N) is 2. The van der Waals surface area contributed by atoms with Crippen molar-refractivity contribution in [1.82, 2.24) is 20.6 Å². The Morgan fingerprint density at radius 3 is 2.45 bits per heavy atom. The second-order valence-corrected chi connectivity index (χ2v) is 6.38. The van der Waals surface area contributed by atoms with Crippen LogP contribution in [-0.4, -0.2) is 28.2 Å². The molecule has 0 unspecified atom stereocenters. The lowest BCUT2D eigenvalue weighted by Crippen LogP contribution is -2.43. The summed E-state index contributed by atoms with van der Waals surface area (Å²) in [5.41, 5.74) is 5.48. The number of fused-ring (bicyclic) bond motifs is 1. The number of nitrogens with one attached hydrogen (secondary N) is 2. The lowest BCUT2D eigenvalue weighted by Gasteiger charge is -2.11. The van der Waals surface area contributed by atoms with Crippen molar-refractivity contribution in [2.24, 2.45) is 0 Å². The Kier molecular flexibility index (Phi) is 6.23. The van der Waals surface area contributed by atoms with Crippen molar-refractivity contribution in [2.45, 2.75) is 26.8 Å². The molecule has 0 aliphatic carbocycles. The molecule has 0 saturated heterocycles. The van der Waals surface area contributed by atoms with Gasteiger partial charge in [0, 0.05) is 11.9 Å². The SMILES string of the molecule is CCn1nc(C(=O)NNC(=O)CCOc2ccccc2C)c2ccccc2c1=O. The maximum absolute atomic E-state index is 12.5. The molecule has 29 heavy (non-hydrogen) atoms. The summed E-state index contributed by atoms with van der Waals surface area (Å²) in [6.45, 7) is 4.19. The van der Waals surface area contributed by atoms with Crippen LogP contribution in [0.15, 0.2) is 53.3 Å². The number of hydrogen-bond acceptors (Lipinski definition) is 5. The summed E-state index contributed by atoms with van der Waals surface area (Å²) >= 11 is 0. The molecule has 3 rings (SSSR count). The van der Waals surface area contributed by atoms with Gasteiger partial charge in [0.2, 0.25) is 5.91 Å². The summed E-state index contributed by atoms with van der Waals surface area (Å²) in [4.78, 5) is 36.9. The highest BCUT2D eigenvalue weighted by Crippen LogP contribution is 2.16. The van der Waals surface area contributed by atoms with E-state index >= 15 is 0 Å². The van der Waals surface area contributed by atoms with Crippen LogP contribution in [0.4, 0.5) is 0 Å².